The van der Waals surface area contributed by atoms with E-state index in [2.05, 4.69) is 15.7 Å². The molecule has 0 bridgehead atoms. The Hall–Kier alpha value is -2.54. The van der Waals surface area contributed by atoms with Crippen molar-refractivity contribution >= 4 is 29.4 Å². The molecule has 26 heavy (non-hydrogen) atoms. The van der Waals surface area contributed by atoms with Crippen molar-refractivity contribution in [3.05, 3.63) is 46.6 Å². The molecule has 0 unspecified atom stereocenters. The van der Waals surface area contributed by atoms with Gasteiger partial charge in [0.25, 0.3) is 0 Å². The van der Waals surface area contributed by atoms with E-state index < -0.39 is 0 Å². The summed E-state index contributed by atoms with van der Waals surface area (Å²) in [5.41, 5.74) is 1.79. The highest BCUT2D eigenvalue weighted by Gasteiger charge is 2.24. The van der Waals surface area contributed by atoms with E-state index in [0.29, 0.717) is 36.8 Å². The molecule has 0 aliphatic carbocycles. The van der Waals surface area contributed by atoms with Crippen LogP contribution in [0, 0.1) is 6.92 Å². The molecule has 0 spiro atoms. The molecule has 2 N–H and O–H groups in total. The minimum atomic E-state index is -0.304. The Morgan fingerprint density at radius 2 is 2.15 bits per heavy atom. The van der Waals surface area contributed by atoms with Crippen molar-refractivity contribution in [1.82, 2.24) is 20.0 Å². The summed E-state index contributed by atoms with van der Waals surface area (Å²) < 4.78 is 1.71. The number of nitrogens with zero attached hydrogens (tertiary/aromatic N) is 3. The SMILES string of the molecule is Cc1cnn(Cc2ccccc2Cl)c1NC(=O)N[C@@H]1CCC(=O)N(C)C1. The third-order valence-electron chi connectivity index (χ3n) is 4.49. The Balaban J connectivity index is 1.66. The number of anilines is 1. The van der Waals surface area contributed by atoms with Crippen LogP contribution in [0.2, 0.25) is 5.02 Å². The zero-order chi connectivity index (χ0) is 18.7. The molecule has 2 heterocycles. The Morgan fingerprint density at radius 3 is 2.88 bits per heavy atom. The van der Waals surface area contributed by atoms with Gasteiger partial charge >= 0.3 is 6.03 Å². The summed E-state index contributed by atoms with van der Waals surface area (Å²) in [6, 6.07) is 7.18. The van der Waals surface area contributed by atoms with Gasteiger partial charge in [0.05, 0.1) is 12.7 Å². The van der Waals surface area contributed by atoms with Gasteiger partial charge in [0.1, 0.15) is 5.82 Å². The second-order valence-corrected chi connectivity index (χ2v) is 6.94. The summed E-state index contributed by atoms with van der Waals surface area (Å²) in [4.78, 5) is 25.6. The number of likely N-dealkylation sites (N-methyl/N-ethyl adjacent to an activating group) is 1. The van der Waals surface area contributed by atoms with Gasteiger partial charge < -0.3 is 10.2 Å². The monoisotopic (exact) mass is 375 g/mol. The molecule has 1 aliphatic rings. The maximum Gasteiger partial charge on any atom is 0.320 e. The fraction of sp³-hybridized carbons (Fsp3) is 0.389. The lowest BCUT2D eigenvalue weighted by atomic mass is 10.1. The number of likely N-dealkylation sites (tertiary alicyclic amines) is 1. The fourth-order valence-electron chi connectivity index (χ4n) is 3.01. The second-order valence-electron chi connectivity index (χ2n) is 6.53. The van der Waals surface area contributed by atoms with Gasteiger partial charge in [-0.1, -0.05) is 29.8 Å². The molecule has 1 fully saturated rings. The first kappa shape index (κ1) is 18.3. The lowest BCUT2D eigenvalue weighted by Crippen LogP contribution is -2.49. The van der Waals surface area contributed by atoms with Crippen LogP contribution in [0.15, 0.2) is 30.5 Å². The first-order valence-electron chi connectivity index (χ1n) is 8.51. The summed E-state index contributed by atoms with van der Waals surface area (Å²) >= 11 is 6.22. The number of amides is 3. The second kappa shape index (κ2) is 7.78. The Morgan fingerprint density at radius 1 is 1.38 bits per heavy atom. The number of nitrogens with one attached hydrogen (secondary N) is 2. The largest absolute Gasteiger partial charge is 0.344 e. The van der Waals surface area contributed by atoms with Crippen molar-refractivity contribution in [2.45, 2.75) is 32.4 Å². The normalized spacial score (nSPS) is 17.3. The Labute approximate surface area is 157 Å². The number of carbonyl (C=O) groups excluding carboxylic acids is 2. The summed E-state index contributed by atoms with van der Waals surface area (Å²) in [7, 11) is 1.75. The molecule has 1 saturated heterocycles. The third kappa shape index (κ3) is 4.16. The average Bonchev–Trinajstić information content (AvgIpc) is 2.93. The van der Waals surface area contributed by atoms with Crippen LogP contribution >= 0.6 is 11.6 Å². The molecule has 0 radical (unpaired) electrons. The molecule has 1 aliphatic heterocycles. The lowest BCUT2D eigenvalue weighted by Gasteiger charge is -2.30. The predicted molar refractivity (Wildman–Crippen MR) is 100 cm³/mol. The van der Waals surface area contributed by atoms with E-state index in [1.165, 1.54) is 0 Å². The Bertz CT molecular complexity index is 820. The highest BCUT2D eigenvalue weighted by Crippen LogP contribution is 2.20. The zero-order valence-corrected chi connectivity index (χ0v) is 15.6. The number of piperidine rings is 1. The maximum absolute atomic E-state index is 12.4. The smallest absolute Gasteiger partial charge is 0.320 e. The van der Waals surface area contributed by atoms with Crippen LogP contribution in [-0.4, -0.2) is 46.3 Å². The zero-order valence-electron chi connectivity index (χ0n) is 14.8. The van der Waals surface area contributed by atoms with Crippen LogP contribution in [0.4, 0.5) is 10.6 Å². The summed E-state index contributed by atoms with van der Waals surface area (Å²) in [5, 5.41) is 10.8. The van der Waals surface area contributed by atoms with Gasteiger partial charge in [-0.2, -0.15) is 5.10 Å². The van der Waals surface area contributed by atoms with Gasteiger partial charge in [0.15, 0.2) is 0 Å². The highest BCUT2D eigenvalue weighted by atomic mass is 35.5. The van der Waals surface area contributed by atoms with Crippen molar-refractivity contribution < 1.29 is 9.59 Å². The summed E-state index contributed by atoms with van der Waals surface area (Å²) in [6.07, 6.45) is 2.80. The molecule has 2 aromatic rings. The quantitative estimate of drug-likeness (QED) is 0.862. The Kier molecular flexibility index (Phi) is 5.46. The molecular formula is C18H22ClN5O2. The van der Waals surface area contributed by atoms with E-state index in [-0.39, 0.29) is 18.0 Å². The molecule has 1 aromatic carbocycles. The molecule has 7 nitrogen and oxygen atoms in total. The number of rotatable bonds is 4. The molecule has 138 valence electrons. The van der Waals surface area contributed by atoms with Crippen LogP contribution in [0.25, 0.3) is 0 Å². The number of carbonyl (C=O) groups is 2. The molecule has 1 aromatic heterocycles. The number of urea groups is 1. The predicted octanol–water partition coefficient (Wildman–Crippen LogP) is 2.64. The number of halogens is 1. The minimum Gasteiger partial charge on any atom is -0.344 e. The summed E-state index contributed by atoms with van der Waals surface area (Å²) in [5.74, 6) is 0.736. The van der Waals surface area contributed by atoms with E-state index in [1.54, 1.807) is 22.8 Å². The maximum atomic E-state index is 12.4. The van der Waals surface area contributed by atoms with Crippen molar-refractivity contribution in [2.75, 3.05) is 18.9 Å². The third-order valence-corrected chi connectivity index (χ3v) is 4.86. The molecule has 8 heteroatoms. The van der Waals surface area contributed by atoms with Gasteiger partial charge in [-0.05, 0) is 25.0 Å². The van der Waals surface area contributed by atoms with Gasteiger partial charge in [-0.3, -0.25) is 10.1 Å². The highest BCUT2D eigenvalue weighted by molar-refractivity contribution is 6.31. The number of hydrogen-bond acceptors (Lipinski definition) is 3. The average molecular weight is 376 g/mol. The standard InChI is InChI=1S/C18H22ClN5O2/c1-12-9-20-24(10-13-5-3-4-6-15(13)19)17(12)22-18(26)21-14-7-8-16(25)23(2)11-14/h3-6,9,14H,7-8,10-11H2,1-2H3,(H2,21,22,26)/t14-/m1/s1. The van der Waals surface area contributed by atoms with E-state index in [4.69, 9.17) is 11.6 Å². The number of benzene rings is 1. The number of aryl methyl sites for hydroxylation is 1. The van der Waals surface area contributed by atoms with E-state index in [0.717, 1.165) is 11.1 Å². The van der Waals surface area contributed by atoms with Crippen LogP contribution < -0.4 is 10.6 Å². The van der Waals surface area contributed by atoms with Gasteiger partial charge in [0.2, 0.25) is 5.91 Å². The first-order chi connectivity index (χ1) is 12.4. The van der Waals surface area contributed by atoms with Crippen molar-refractivity contribution in [2.24, 2.45) is 0 Å². The van der Waals surface area contributed by atoms with Gasteiger partial charge in [-0.25, -0.2) is 9.48 Å². The van der Waals surface area contributed by atoms with Crippen molar-refractivity contribution in [3.63, 3.8) is 0 Å². The van der Waals surface area contributed by atoms with E-state index in [1.807, 2.05) is 31.2 Å². The minimum absolute atomic E-state index is 0.0575. The lowest BCUT2D eigenvalue weighted by molar-refractivity contribution is -0.132. The molecule has 3 rings (SSSR count). The van der Waals surface area contributed by atoms with E-state index in [9.17, 15) is 9.59 Å². The van der Waals surface area contributed by atoms with Gasteiger partial charge in [0, 0.05) is 36.6 Å². The number of hydrogen-bond donors (Lipinski definition) is 2. The van der Waals surface area contributed by atoms with Crippen molar-refractivity contribution in [3.8, 4) is 0 Å². The van der Waals surface area contributed by atoms with Crippen LogP contribution in [0.3, 0.4) is 0 Å². The molecule has 3 amide bonds. The molecular weight excluding hydrogens is 354 g/mol. The first-order valence-corrected chi connectivity index (χ1v) is 8.89. The fourth-order valence-corrected chi connectivity index (χ4v) is 3.20. The molecule has 1 atom stereocenters. The van der Waals surface area contributed by atoms with Crippen molar-refractivity contribution in [1.29, 1.82) is 0 Å². The van der Waals surface area contributed by atoms with Crippen LogP contribution in [0.5, 0.6) is 0 Å². The molecule has 0 saturated carbocycles. The van der Waals surface area contributed by atoms with Crippen LogP contribution in [0.1, 0.15) is 24.0 Å². The van der Waals surface area contributed by atoms with Gasteiger partial charge in [-0.15, -0.1) is 0 Å². The number of aromatic nitrogens is 2. The topological polar surface area (TPSA) is 79.3 Å². The van der Waals surface area contributed by atoms with Crippen LogP contribution in [-0.2, 0) is 11.3 Å². The summed E-state index contributed by atoms with van der Waals surface area (Å²) in [6.45, 7) is 2.87. The van der Waals surface area contributed by atoms with E-state index >= 15 is 0 Å².